The summed E-state index contributed by atoms with van der Waals surface area (Å²) in [5.41, 5.74) is 0.850. The van der Waals surface area contributed by atoms with Crippen molar-refractivity contribution in [3.05, 3.63) is 35.4 Å². The molecule has 2 aliphatic heterocycles. The molecule has 2 aliphatic rings. The van der Waals surface area contributed by atoms with Crippen molar-refractivity contribution in [2.75, 3.05) is 6.54 Å². The van der Waals surface area contributed by atoms with Crippen LogP contribution in [0.25, 0.3) is 0 Å². The summed E-state index contributed by atoms with van der Waals surface area (Å²) in [4.78, 5) is 26.2. The minimum atomic E-state index is -0.215. The van der Waals surface area contributed by atoms with Crippen LogP contribution in [0.3, 0.4) is 0 Å². The van der Waals surface area contributed by atoms with Gasteiger partial charge in [0.1, 0.15) is 0 Å². The van der Waals surface area contributed by atoms with Gasteiger partial charge in [-0.05, 0) is 38.9 Å². The first-order valence-electron chi connectivity index (χ1n) is 6.24. The Kier molecular flexibility index (Phi) is 2.32. The molecule has 2 amide bonds. The fourth-order valence-corrected chi connectivity index (χ4v) is 2.95. The largest absolute Gasteiger partial charge is 0.310 e. The van der Waals surface area contributed by atoms with Gasteiger partial charge in [0.05, 0.1) is 17.2 Å². The summed E-state index contributed by atoms with van der Waals surface area (Å²) >= 11 is 0. The molecule has 1 atom stereocenters. The Morgan fingerprint density at radius 1 is 1.17 bits per heavy atom. The Balaban J connectivity index is 2.02. The molecule has 1 aromatic rings. The number of nitrogens with zero attached hydrogens (tertiary/aromatic N) is 1. The van der Waals surface area contributed by atoms with Crippen molar-refractivity contribution in [1.82, 2.24) is 10.2 Å². The number of carbonyl (C=O) groups is 2. The van der Waals surface area contributed by atoms with Crippen LogP contribution in [-0.2, 0) is 0 Å². The van der Waals surface area contributed by atoms with Gasteiger partial charge in [-0.25, -0.2) is 0 Å². The van der Waals surface area contributed by atoms with Gasteiger partial charge in [0.15, 0.2) is 0 Å². The topological polar surface area (TPSA) is 49.4 Å². The molecule has 1 unspecified atom stereocenters. The number of amides is 2. The number of rotatable bonds is 1. The van der Waals surface area contributed by atoms with Gasteiger partial charge in [-0.3, -0.25) is 14.5 Å². The maximum Gasteiger partial charge on any atom is 0.261 e. The van der Waals surface area contributed by atoms with E-state index in [4.69, 9.17) is 0 Å². The van der Waals surface area contributed by atoms with E-state index in [1.165, 1.54) is 4.90 Å². The highest BCUT2D eigenvalue weighted by Gasteiger charge is 2.47. The van der Waals surface area contributed by atoms with Crippen molar-refractivity contribution >= 4 is 11.8 Å². The first-order valence-corrected chi connectivity index (χ1v) is 6.24. The Morgan fingerprint density at radius 2 is 1.72 bits per heavy atom. The molecule has 0 radical (unpaired) electrons. The lowest BCUT2D eigenvalue weighted by Crippen LogP contribution is -2.52. The molecular formula is C14H16N2O2. The number of hydrogen-bond acceptors (Lipinski definition) is 3. The van der Waals surface area contributed by atoms with Gasteiger partial charge in [-0.2, -0.15) is 0 Å². The second-order valence-corrected chi connectivity index (χ2v) is 5.48. The van der Waals surface area contributed by atoms with E-state index in [9.17, 15) is 9.59 Å². The van der Waals surface area contributed by atoms with Crippen molar-refractivity contribution in [3.8, 4) is 0 Å². The summed E-state index contributed by atoms with van der Waals surface area (Å²) in [5, 5.41) is 3.34. The van der Waals surface area contributed by atoms with Gasteiger partial charge in [0, 0.05) is 5.54 Å². The fourth-order valence-electron chi connectivity index (χ4n) is 2.95. The van der Waals surface area contributed by atoms with Crippen LogP contribution in [0.4, 0.5) is 0 Å². The molecule has 1 fully saturated rings. The molecular weight excluding hydrogens is 228 g/mol. The van der Waals surface area contributed by atoms with Crippen LogP contribution in [0.1, 0.15) is 41.0 Å². The van der Waals surface area contributed by atoms with Crippen LogP contribution in [-0.4, -0.2) is 34.8 Å². The van der Waals surface area contributed by atoms with Crippen LogP contribution in [0.5, 0.6) is 0 Å². The predicted octanol–water partition coefficient (Wildman–Crippen LogP) is 1.42. The van der Waals surface area contributed by atoms with Crippen molar-refractivity contribution in [3.63, 3.8) is 0 Å². The molecule has 0 aromatic heterocycles. The van der Waals surface area contributed by atoms with Crippen LogP contribution < -0.4 is 5.32 Å². The average Bonchev–Trinajstić information content (AvgIpc) is 2.80. The highest BCUT2D eigenvalue weighted by molar-refractivity contribution is 6.21. The smallest absolute Gasteiger partial charge is 0.261 e. The summed E-state index contributed by atoms with van der Waals surface area (Å²) in [6.45, 7) is 4.91. The second-order valence-electron chi connectivity index (χ2n) is 5.48. The van der Waals surface area contributed by atoms with Crippen LogP contribution in [0.2, 0.25) is 0 Å². The molecule has 18 heavy (non-hydrogen) atoms. The highest BCUT2D eigenvalue weighted by atomic mass is 16.2. The van der Waals surface area contributed by atoms with Crippen molar-refractivity contribution in [2.45, 2.75) is 31.8 Å². The van der Waals surface area contributed by atoms with Crippen molar-refractivity contribution in [2.24, 2.45) is 0 Å². The number of benzene rings is 1. The van der Waals surface area contributed by atoms with E-state index >= 15 is 0 Å². The number of hydrogen-bond donors (Lipinski definition) is 1. The third-order valence-corrected chi connectivity index (χ3v) is 3.97. The summed E-state index contributed by atoms with van der Waals surface area (Å²) in [6, 6.07) is 6.98. The summed E-state index contributed by atoms with van der Waals surface area (Å²) in [6.07, 6.45) is 0.818. The molecule has 0 spiro atoms. The van der Waals surface area contributed by atoms with E-state index in [1.54, 1.807) is 24.3 Å². The van der Waals surface area contributed by atoms with E-state index in [0.717, 1.165) is 13.0 Å². The summed E-state index contributed by atoms with van der Waals surface area (Å²) < 4.78 is 0. The van der Waals surface area contributed by atoms with E-state index in [-0.39, 0.29) is 23.4 Å². The number of carbonyl (C=O) groups excluding carboxylic acids is 2. The SMILES string of the molecule is CC1(C)NCCC1N1C(=O)c2ccccc2C1=O. The normalized spacial score (nSPS) is 25.7. The Hall–Kier alpha value is -1.68. The van der Waals surface area contributed by atoms with E-state index in [0.29, 0.717) is 11.1 Å². The third kappa shape index (κ3) is 1.42. The Labute approximate surface area is 106 Å². The summed E-state index contributed by atoms with van der Waals surface area (Å²) in [5.74, 6) is -0.310. The van der Waals surface area contributed by atoms with Crippen LogP contribution >= 0.6 is 0 Å². The van der Waals surface area contributed by atoms with E-state index in [1.807, 2.05) is 13.8 Å². The Bertz CT molecular complexity index is 501. The molecule has 1 N–H and O–H groups in total. The molecule has 4 nitrogen and oxygen atoms in total. The maximum atomic E-state index is 12.4. The van der Waals surface area contributed by atoms with Gasteiger partial charge in [-0.1, -0.05) is 12.1 Å². The molecule has 2 heterocycles. The molecule has 1 aromatic carbocycles. The van der Waals surface area contributed by atoms with E-state index < -0.39 is 0 Å². The molecule has 94 valence electrons. The maximum absolute atomic E-state index is 12.4. The lowest BCUT2D eigenvalue weighted by Gasteiger charge is -2.33. The molecule has 4 heteroatoms. The second kappa shape index (κ2) is 3.65. The van der Waals surface area contributed by atoms with Crippen molar-refractivity contribution in [1.29, 1.82) is 0 Å². The summed E-state index contributed by atoms with van der Waals surface area (Å²) in [7, 11) is 0. The van der Waals surface area contributed by atoms with Gasteiger partial charge in [-0.15, -0.1) is 0 Å². The molecule has 0 aliphatic carbocycles. The highest BCUT2D eigenvalue weighted by Crippen LogP contribution is 2.32. The lowest BCUT2D eigenvalue weighted by molar-refractivity contribution is 0.0535. The standard InChI is InChI=1S/C14H16N2O2/c1-14(2)11(7-8-15-14)16-12(17)9-5-3-4-6-10(9)13(16)18/h3-6,11,15H,7-8H2,1-2H3. The first-order chi connectivity index (χ1) is 8.52. The Morgan fingerprint density at radius 3 is 2.17 bits per heavy atom. The van der Waals surface area contributed by atoms with Crippen LogP contribution in [0, 0.1) is 0 Å². The molecule has 0 bridgehead atoms. The zero-order valence-corrected chi connectivity index (χ0v) is 10.6. The zero-order valence-electron chi connectivity index (χ0n) is 10.6. The van der Waals surface area contributed by atoms with Crippen LogP contribution in [0.15, 0.2) is 24.3 Å². The van der Waals surface area contributed by atoms with Crippen molar-refractivity contribution < 1.29 is 9.59 Å². The van der Waals surface area contributed by atoms with E-state index in [2.05, 4.69) is 5.32 Å². The predicted molar refractivity (Wildman–Crippen MR) is 67.4 cm³/mol. The monoisotopic (exact) mass is 244 g/mol. The number of nitrogens with one attached hydrogen (secondary N) is 1. The fraction of sp³-hybridized carbons (Fsp3) is 0.429. The lowest BCUT2D eigenvalue weighted by atomic mass is 9.95. The first kappa shape index (κ1) is 11.4. The quantitative estimate of drug-likeness (QED) is 0.760. The molecule has 3 rings (SSSR count). The average molecular weight is 244 g/mol. The zero-order chi connectivity index (χ0) is 12.9. The minimum absolute atomic E-state index is 0.0649. The molecule has 0 saturated carbocycles. The van der Waals surface area contributed by atoms with Gasteiger partial charge < -0.3 is 5.32 Å². The van der Waals surface area contributed by atoms with Gasteiger partial charge in [0.25, 0.3) is 11.8 Å². The minimum Gasteiger partial charge on any atom is -0.310 e. The van der Waals surface area contributed by atoms with Gasteiger partial charge >= 0.3 is 0 Å². The number of fused-ring (bicyclic) bond motifs is 1. The third-order valence-electron chi connectivity index (χ3n) is 3.97. The molecule has 1 saturated heterocycles. The number of imide groups is 1. The van der Waals surface area contributed by atoms with Gasteiger partial charge in [0.2, 0.25) is 0 Å².